The Kier molecular flexibility index (Phi) is 7.67. The van der Waals surface area contributed by atoms with Crippen molar-refractivity contribution >= 4 is 23.2 Å². The molecule has 1 saturated heterocycles. The molecule has 7 heteroatoms. The van der Waals surface area contributed by atoms with Crippen LogP contribution in [0.15, 0.2) is 72.8 Å². The summed E-state index contributed by atoms with van der Waals surface area (Å²) in [6, 6.07) is 22.1. The van der Waals surface area contributed by atoms with Crippen LogP contribution in [0.4, 0.5) is 15.8 Å². The lowest BCUT2D eigenvalue weighted by Gasteiger charge is -2.34. The van der Waals surface area contributed by atoms with E-state index in [0.29, 0.717) is 11.4 Å². The molecule has 34 heavy (non-hydrogen) atoms. The van der Waals surface area contributed by atoms with Gasteiger partial charge < -0.3 is 10.6 Å². The zero-order valence-corrected chi connectivity index (χ0v) is 19.3. The smallest absolute Gasteiger partial charge is 0.258 e. The molecule has 0 radical (unpaired) electrons. The zero-order valence-electron chi connectivity index (χ0n) is 19.3. The summed E-state index contributed by atoms with van der Waals surface area (Å²) < 4.78 is 14.2. The number of nitrogens with one attached hydrogen (secondary N) is 2. The van der Waals surface area contributed by atoms with Gasteiger partial charge in [-0.05, 0) is 41.5 Å². The van der Waals surface area contributed by atoms with E-state index in [1.807, 2.05) is 30.3 Å². The minimum atomic E-state index is -0.644. The molecule has 0 aliphatic carbocycles. The third-order valence-corrected chi connectivity index (χ3v) is 5.86. The summed E-state index contributed by atoms with van der Waals surface area (Å²) in [6.45, 7) is 7.27. The summed E-state index contributed by atoms with van der Waals surface area (Å²) >= 11 is 0. The van der Waals surface area contributed by atoms with Gasteiger partial charge in [0.1, 0.15) is 5.82 Å². The van der Waals surface area contributed by atoms with E-state index < -0.39 is 11.7 Å². The first-order valence-corrected chi connectivity index (χ1v) is 11.4. The van der Waals surface area contributed by atoms with E-state index in [9.17, 15) is 14.0 Å². The Hall–Kier alpha value is -3.55. The number of piperazine rings is 1. The van der Waals surface area contributed by atoms with E-state index in [4.69, 9.17) is 0 Å². The van der Waals surface area contributed by atoms with Gasteiger partial charge in [-0.15, -0.1) is 0 Å². The molecule has 3 aromatic rings. The molecule has 6 nitrogen and oxygen atoms in total. The summed E-state index contributed by atoms with van der Waals surface area (Å²) in [5.41, 5.74) is 3.34. The highest BCUT2D eigenvalue weighted by Crippen LogP contribution is 2.18. The monoisotopic (exact) mass is 460 g/mol. The van der Waals surface area contributed by atoms with E-state index in [-0.39, 0.29) is 11.5 Å². The molecule has 2 N–H and O–H groups in total. The normalized spacial score (nSPS) is 14.5. The minimum absolute atomic E-state index is 0.122. The van der Waals surface area contributed by atoms with Gasteiger partial charge in [0.15, 0.2) is 0 Å². The fourth-order valence-electron chi connectivity index (χ4n) is 4.08. The molecule has 176 valence electrons. The van der Waals surface area contributed by atoms with Crippen molar-refractivity contribution in [3.63, 3.8) is 0 Å². The fraction of sp³-hybridized carbons (Fsp3) is 0.259. The topological polar surface area (TPSA) is 64.7 Å². The van der Waals surface area contributed by atoms with Crippen molar-refractivity contribution in [2.24, 2.45) is 0 Å². The van der Waals surface area contributed by atoms with Crippen LogP contribution in [0.1, 0.15) is 28.4 Å². The van der Waals surface area contributed by atoms with Crippen LogP contribution in [0, 0.1) is 5.82 Å². The van der Waals surface area contributed by atoms with Crippen LogP contribution >= 0.6 is 0 Å². The molecule has 0 atom stereocenters. The van der Waals surface area contributed by atoms with Crippen molar-refractivity contribution in [2.75, 3.05) is 36.8 Å². The minimum Gasteiger partial charge on any atom is -0.326 e. The van der Waals surface area contributed by atoms with Gasteiger partial charge in [0.25, 0.3) is 5.91 Å². The molecule has 4 rings (SSSR count). The highest BCUT2D eigenvalue weighted by atomic mass is 19.1. The fourth-order valence-corrected chi connectivity index (χ4v) is 4.08. The van der Waals surface area contributed by atoms with Gasteiger partial charge in [0.2, 0.25) is 5.91 Å². The summed E-state index contributed by atoms with van der Waals surface area (Å²) in [5, 5.41) is 5.29. The average Bonchev–Trinajstić information content (AvgIpc) is 2.83. The number of anilines is 2. The van der Waals surface area contributed by atoms with Crippen LogP contribution in [-0.2, 0) is 17.9 Å². The van der Waals surface area contributed by atoms with Gasteiger partial charge in [0.05, 0.1) is 5.56 Å². The van der Waals surface area contributed by atoms with E-state index in [1.165, 1.54) is 30.7 Å². The number of rotatable bonds is 7. The maximum Gasteiger partial charge on any atom is 0.258 e. The molecular formula is C27H29FN4O2. The molecular weight excluding hydrogens is 431 g/mol. The molecule has 0 spiro atoms. The Morgan fingerprint density at radius 3 is 1.91 bits per heavy atom. The molecule has 1 aliphatic heterocycles. The highest BCUT2D eigenvalue weighted by Gasteiger charge is 2.17. The first kappa shape index (κ1) is 23.6. The molecule has 0 aromatic heterocycles. The van der Waals surface area contributed by atoms with Gasteiger partial charge in [-0.2, -0.15) is 0 Å². The average molecular weight is 461 g/mol. The van der Waals surface area contributed by atoms with E-state index in [1.54, 1.807) is 0 Å². The van der Waals surface area contributed by atoms with E-state index in [2.05, 4.69) is 44.7 Å². The number of amides is 2. The predicted molar refractivity (Wildman–Crippen MR) is 132 cm³/mol. The Labute approximate surface area is 199 Å². The summed E-state index contributed by atoms with van der Waals surface area (Å²) in [7, 11) is 0. The van der Waals surface area contributed by atoms with Crippen LogP contribution in [0.2, 0.25) is 0 Å². The van der Waals surface area contributed by atoms with Gasteiger partial charge in [0, 0.05) is 57.6 Å². The van der Waals surface area contributed by atoms with Gasteiger partial charge in [-0.25, -0.2) is 4.39 Å². The third kappa shape index (κ3) is 6.50. The van der Waals surface area contributed by atoms with Crippen molar-refractivity contribution in [3.8, 4) is 0 Å². The summed E-state index contributed by atoms with van der Waals surface area (Å²) in [4.78, 5) is 28.7. The second-order valence-corrected chi connectivity index (χ2v) is 8.56. The van der Waals surface area contributed by atoms with Crippen molar-refractivity contribution in [2.45, 2.75) is 20.0 Å². The summed E-state index contributed by atoms with van der Waals surface area (Å²) in [5.74, 6) is -1.49. The number of halogens is 1. The van der Waals surface area contributed by atoms with Crippen molar-refractivity contribution < 1.29 is 14.0 Å². The van der Waals surface area contributed by atoms with Crippen LogP contribution in [0.25, 0.3) is 0 Å². The quantitative estimate of drug-likeness (QED) is 0.550. The number of carbonyl (C=O) groups excluding carboxylic acids is 2. The largest absolute Gasteiger partial charge is 0.326 e. The highest BCUT2D eigenvalue weighted by molar-refractivity contribution is 6.05. The Morgan fingerprint density at radius 1 is 0.765 bits per heavy atom. The lowest BCUT2D eigenvalue weighted by molar-refractivity contribution is -0.114. The molecule has 0 unspecified atom stereocenters. The zero-order chi connectivity index (χ0) is 23.9. The van der Waals surface area contributed by atoms with Crippen molar-refractivity contribution in [1.82, 2.24) is 9.80 Å². The molecule has 2 amide bonds. The lowest BCUT2D eigenvalue weighted by Crippen LogP contribution is -2.45. The summed E-state index contributed by atoms with van der Waals surface area (Å²) in [6.07, 6.45) is 0. The van der Waals surface area contributed by atoms with Crippen molar-refractivity contribution in [1.29, 1.82) is 0 Å². The maximum atomic E-state index is 14.2. The number of hydrogen-bond acceptors (Lipinski definition) is 4. The standard InChI is InChI=1S/C27H29FN4O2/c1-20(33)29-24-11-12-26(28)25(17-24)27(34)30-23-9-7-22(8-10-23)19-32-15-13-31(14-16-32)18-21-5-3-2-4-6-21/h2-12,17H,13-16,18-19H2,1H3,(H,29,33)(H,30,34). The van der Waals surface area contributed by atoms with E-state index >= 15 is 0 Å². The molecule has 1 heterocycles. The number of nitrogens with zero attached hydrogens (tertiary/aromatic N) is 2. The van der Waals surface area contributed by atoms with Crippen LogP contribution in [0.5, 0.6) is 0 Å². The van der Waals surface area contributed by atoms with Gasteiger partial charge in [-0.3, -0.25) is 19.4 Å². The van der Waals surface area contributed by atoms with Gasteiger partial charge >= 0.3 is 0 Å². The maximum absolute atomic E-state index is 14.2. The molecule has 0 saturated carbocycles. The number of carbonyl (C=O) groups is 2. The van der Waals surface area contributed by atoms with Gasteiger partial charge in [-0.1, -0.05) is 42.5 Å². The predicted octanol–water partition coefficient (Wildman–Crippen LogP) is 4.35. The molecule has 3 aromatic carbocycles. The van der Waals surface area contributed by atoms with Crippen LogP contribution < -0.4 is 10.6 Å². The first-order chi connectivity index (χ1) is 16.5. The van der Waals surface area contributed by atoms with Crippen LogP contribution in [0.3, 0.4) is 0 Å². The molecule has 1 aliphatic rings. The number of hydrogen-bond donors (Lipinski definition) is 2. The Balaban J connectivity index is 1.28. The third-order valence-electron chi connectivity index (χ3n) is 5.86. The second kappa shape index (κ2) is 11.0. The van der Waals surface area contributed by atoms with Crippen LogP contribution in [-0.4, -0.2) is 47.8 Å². The molecule has 1 fully saturated rings. The second-order valence-electron chi connectivity index (χ2n) is 8.56. The van der Waals surface area contributed by atoms with Crippen molar-refractivity contribution in [3.05, 3.63) is 95.3 Å². The Bertz CT molecular complexity index is 1130. The lowest BCUT2D eigenvalue weighted by atomic mass is 10.1. The SMILES string of the molecule is CC(=O)Nc1ccc(F)c(C(=O)Nc2ccc(CN3CCN(Cc4ccccc4)CC3)cc2)c1. The van der Waals surface area contributed by atoms with E-state index in [0.717, 1.165) is 44.8 Å². The Morgan fingerprint density at radius 2 is 1.32 bits per heavy atom. The number of benzene rings is 3. The first-order valence-electron chi connectivity index (χ1n) is 11.4. The molecule has 0 bridgehead atoms.